The van der Waals surface area contributed by atoms with E-state index in [4.69, 9.17) is 4.74 Å². The number of benzene rings is 1. The van der Waals surface area contributed by atoms with E-state index in [0.717, 1.165) is 25.7 Å². The van der Waals surface area contributed by atoms with Crippen molar-refractivity contribution in [3.8, 4) is 0 Å². The average molecular weight is 290 g/mol. The molecule has 0 radical (unpaired) electrons. The fraction of sp³-hybridized carbons (Fsp3) is 0.400. The molecule has 1 aromatic carbocycles. The minimum atomic E-state index is -0.459. The van der Waals surface area contributed by atoms with E-state index >= 15 is 0 Å². The van der Waals surface area contributed by atoms with Crippen LogP contribution in [0.25, 0.3) is 6.08 Å². The predicted molar refractivity (Wildman–Crippen MR) is 78.2 cm³/mol. The number of nitro benzene ring substituents is 1. The van der Waals surface area contributed by atoms with Crippen LogP contribution >= 0.6 is 0 Å². The van der Waals surface area contributed by atoms with Crippen molar-refractivity contribution in [2.24, 2.45) is 0 Å². The molecule has 1 amide bonds. The lowest BCUT2D eigenvalue weighted by atomic mass is 10.2. The van der Waals surface area contributed by atoms with E-state index in [0.29, 0.717) is 5.56 Å². The number of hydrogen-bond acceptors (Lipinski definition) is 4. The minimum Gasteiger partial charge on any atom is -0.465 e. The molecule has 1 aromatic rings. The second-order valence-corrected chi connectivity index (χ2v) is 4.93. The van der Waals surface area contributed by atoms with E-state index < -0.39 is 4.92 Å². The van der Waals surface area contributed by atoms with Gasteiger partial charge in [0.1, 0.15) is 0 Å². The van der Waals surface area contributed by atoms with Gasteiger partial charge in [-0.25, -0.2) is 0 Å². The minimum absolute atomic E-state index is 0.0198. The van der Waals surface area contributed by atoms with E-state index in [1.165, 1.54) is 12.1 Å². The number of rotatable bonds is 6. The van der Waals surface area contributed by atoms with E-state index in [2.05, 4.69) is 12.2 Å². The lowest BCUT2D eigenvalue weighted by Crippen LogP contribution is -2.25. The van der Waals surface area contributed by atoms with Gasteiger partial charge >= 0.3 is 0 Å². The Morgan fingerprint density at radius 3 is 2.67 bits per heavy atom. The Morgan fingerprint density at radius 1 is 1.33 bits per heavy atom. The summed E-state index contributed by atoms with van der Waals surface area (Å²) in [7, 11) is 0. The highest BCUT2D eigenvalue weighted by Crippen LogP contribution is 2.20. The molecule has 1 aliphatic rings. The van der Waals surface area contributed by atoms with Crippen LogP contribution in [0.5, 0.6) is 0 Å². The lowest BCUT2D eigenvalue weighted by Gasteiger charge is -2.08. The summed E-state index contributed by atoms with van der Waals surface area (Å²) in [5.41, 5.74) is 0.714. The predicted octanol–water partition coefficient (Wildman–Crippen LogP) is 2.99. The van der Waals surface area contributed by atoms with Crippen molar-refractivity contribution in [1.82, 2.24) is 5.32 Å². The van der Waals surface area contributed by atoms with E-state index in [-0.39, 0.29) is 23.6 Å². The Bertz CT molecular complexity index is 551. The van der Waals surface area contributed by atoms with Gasteiger partial charge in [0.25, 0.3) is 11.6 Å². The Balaban J connectivity index is 2.00. The molecule has 1 aliphatic heterocycles. The third kappa shape index (κ3) is 4.05. The van der Waals surface area contributed by atoms with Gasteiger partial charge in [-0.15, -0.1) is 0 Å². The Hall–Kier alpha value is -2.37. The second-order valence-electron chi connectivity index (χ2n) is 4.93. The maximum absolute atomic E-state index is 11.8. The summed E-state index contributed by atoms with van der Waals surface area (Å²) in [6.07, 6.45) is 5.35. The lowest BCUT2D eigenvalue weighted by molar-refractivity contribution is -0.384. The van der Waals surface area contributed by atoms with E-state index in [1.54, 1.807) is 18.2 Å². The topological polar surface area (TPSA) is 81.5 Å². The smallest absolute Gasteiger partial charge is 0.289 e. The van der Waals surface area contributed by atoms with Gasteiger partial charge in [-0.1, -0.05) is 19.8 Å². The number of carbonyl (C=O) groups is 1. The maximum atomic E-state index is 11.8. The van der Waals surface area contributed by atoms with E-state index in [9.17, 15) is 14.9 Å². The van der Waals surface area contributed by atoms with Gasteiger partial charge in [0.05, 0.1) is 4.92 Å². The molecular formula is C15H18N2O4. The highest BCUT2D eigenvalue weighted by atomic mass is 16.6. The SMILES string of the molecule is CCCCCC1NC(=O)/C(=C/c2ccc([N+](=O)[O-])cc2)O1. The highest BCUT2D eigenvalue weighted by Gasteiger charge is 2.27. The summed E-state index contributed by atoms with van der Waals surface area (Å²) >= 11 is 0. The van der Waals surface area contributed by atoms with Gasteiger partial charge < -0.3 is 10.1 Å². The van der Waals surface area contributed by atoms with Crippen molar-refractivity contribution >= 4 is 17.7 Å². The molecule has 1 heterocycles. The number of nitrogens with zero attached hydrogens (tertiary/aromatic N) is 1. The normalized spacial score (nSPS) is 19.4. The number of nitrogens with one attached hydrogen (secondary N) is 1. The van der Waals surface area contributed by atoms with Gasteiger partial charge in [0.2, 0.25) is 0 Å². The van der Waals surface area contributed by atoms with Gasteiger partial charge in [0, 0.05) is 18.6 Å². The van der Waals surface area contributed by atoms with Crippen LogP contribution in [-0.2, 0) is 9.53 Å². The number of unbranched alkanes of at least 4 members (excludes halogenated alkanes) is 2. The molecule has 1 N–H and O–H groups in total. The van der Waals surface area contributed by atoms with Crippen LogP contribution < -0.4 is 5.32 Å². The quantitative estimate of drug-likeness (QED) is 0.378. The number of hydrogen-bond donors (Lipinski definition) is 1. The number of carbonyl (C=O) groups excluding carboxylic acids is 1. The van der Waals surface area contributed by atoms with Crippen molar-refractivity contribution in [1.29, 1.82) is 0 Å². The Labute approximate surface area is 122 Å². The molecule has 6 nitrogen and oxygen atoms in total. The highest BCUT2D eigenvalue weighted by molar-refractivity contribution is 5.97. The zero-order chi connectivity index (χ0) is 15.2. The first kappa shape index (κ1) is 15.0. The molecule has 21 heavy (non-hydrogen) atoms. The molecule has 1 saturated heterocycles. The molecule has 2 rings (SSSR count). The number of nitro groups is 1. The standard InChI is InChI=1S/C15H18N2O4/c1-2-3-4-5-14-16-15(18)13(21-14)10-11-6-8-12(9-7-11)17(19)20/h6-10,14H,2-5H2,1H3,(H,16,18)/b13-10-. The summed E-state index contributed by atoms with van der Waals surface area (Å²) in [5.74, 6) is 0.0141. The van der Waals surface area contributed by atoms with Gasteiger partial charge in [-0.05, 0) is 30.2 Å². The summed E-state index contributed by atoms with van der Waals surface area (Å²) in [6, 6.07) is 5.98. The first-order chi connectivity index (χ1) is 10.1. The molecule has 6 heteroatoms. The van der Waals surface area contributed by atoms with Crippen molar-refractivity contribution in [2.45, 2.75) is 38.8 Å². The van der Waals surface area contributed by atoms with Crippen LogP contribution in [0.4, 0.5) is 5.69 Å². The van der Waals surface area contributed by atoms with Crippen molar-refractivity contribution < 1.29 is 14.5 Å². The molecule has 1 unspecified atom stereocenters. The molecule has 1 fully saturated rings. The van der Waals surface area contributed by atoms with Crippen LogP contribution in [0.3, 0.4) is 0 Å². The molecular weight excluding hydrogens is 272 g/mol. The number of ether oxygens (including phenoxy) is 1. The Morgan fingerprint density at radius 2 is 2.05 bits per heavy atom. The summed E-state index contributed by atoms with van der Waals surface area (Å²) in [5, 5.41) is 13.4. The molecule has 112 valence electrons. The maximum Gasteiger partial charge on any atom is 0.289 e. The summed E-state index contributed by atoms with van der Waals surface area (Å²) in [6.45, 7) is 2.12. The summed E-state index contributed by atoms with van der Waals surface area (Å²) in [4.78, 5) is 21.9. The fourth-order valence-electron chi connectivity index (χ4n) is 2.11. The molecule has 0 aliphatic carbocycles. The second kappa shape index (κ2) is 6.88. The van der Waals surface area contributed by atoms with E-state index in [1.807, 2.05) is 0 Å². The average Bonchev–Trinajstić information content (AvgIpc) is 2.80. The molecule has 0 aromatic heterocycles. The van der Waals surface area contributed by atoms with Gasteiger partial charge in [0.15, 0.2) is 12.0 Å². The first-order valence-electron chi connectivity index (χ1n) is 7.04. The zero-order valence-electron chi connectivity index (χ0n) is 11.9. The molecule has 0 spiro atoms. The first-order valence-corrected chi connectivity index (χ1v) is 7.04. The van der Waals surface area contributed by atoms with Crippen LogP contribution in [0.1, 0.15) is 38.2 Å². The van der Waals surface area contributed by atoms with Crippen LogP contribution in [0.2, 0.25) is 0 Å². The van der Waals surface area contributed by atoms with Crippen LogP contribution in [-0.4, -0.2) is 17.1 Å². The van der Waals surface area contributed by atoms with Crippen molar-refractivity contribution in [3.05, 3.63) is 45.7 Å². The number of non-ortho nitro benzene ring substituents is 1. The molecule has 0 saturated carbocycles. The molecule has 0 bridgehead atoms. The zero-order valence-corrected chi connectivity index (χ0v) is 11.9. The van der Waals surface area contributed by atoms with Crippen molar-refractivity contribution in [2.75, 3.05) is 0 Å². The third-order valence-electron chi connectivity index (χ3n) is 3.26. The van der Waals surface area contributed by atoms with Gasteiger partial charge in [-0.2, -0.15) is 0 Å². The monoisotopic (exact) mass is 290 g/mol. The number of amides is 1. The Kier molecular flexibility index (Phi) is 4.92. The molecule has 1 atom stereocenters. The van der Waals surface area contributed by atoms with Crippen molar-refractivity contribution in [3.63, 3.8) is 0 Å². The van der Waals surface area contributed by atoms with Crippen LogP contribution in [0, 0.1) is 10.1 Å². The largest absolute Gasteiger partial charge is 0.465 e. The summed E-state index contributed by atoms with van der Waals surface area (Å²) < 4.78 is 5.57. The fourth-order valence-corrected chi connectivity index (χ4v) is 2.11. The van der Waals surface area contributed by atoms with Crippen LogP contribution in [0.15, 0.2) is 30.0 Å². The van der Waals surface area contributed by atoms with Gasteiger partial charge in [-0.3, -0.25) is 14.9 Å². The third-order valence-corrected chi connectivity index (χ3v) is 3.26.